The molecule has 0 heterocycles. The van der Waals surface area contributed by atoms with E-state index >= 15 is 0 Å². The number of aryl methyl sites for hydroxylation is 2. The first-order valence-electron chi connectivity index (χ1n) is 8.54. The first-order chi connectivity index (χ1) is 12.5. The quantitative estimate of drug-likeness (QED) is 0.389. The normalized spacial score (nSPS) is 11.7. The molecule has 6 nitrogen and oxygen atoms in total. The third kappa shape index (κ3) is 5.00. The minimum atomic E-state index is -0.817. The van der Waals surface area contributed by atoms with Crippen molar-refractivity contribution in [3.8, 4) is 0 Å². The van der Waals surface area contributed by atoms with E-state index in [9.17, 15) is 15.2 Å². The van der Waals surface area contributed by atoms with Gasteiger partial charge in [-0.05, 0) is 53.9 Å². The molecule has 0 saturated heterocycles. The van der Waals surface area contributed by atoms with Crippen molar-refractivity contribution >= 4 is 28.7 Å². The summed E-state index contributed by atoms with van der Waals surface area (Å²) in [5.74, 6) is 0. The predicted octanol–water partition coefficient (Wildman–Crippen LogP) is 3.74. The van der Waals surface area contributed by atoms with Crippen LogP contribution in [0.1, 0.15) is 36.6 Å². The van der Waals surface area contributed by atoms with E-state index in [-0.39, 0.29) is 12.2 Å². The number of nitro groups is 1. The second-order valence-electron chi connectivity index (χ2n) is 5.86. The number of aliphatic hydroxyl groups is 1. The van der Waals surface area contributed by atoms with Crippen molar-refractivity contribution in [2.45, 2.75) is 32.8 Å². The summed E-state index contributed by atoms with van der Waals surface area (Å²) in [4.78, 5) is 10.2. The zero-order valence-electron chi connectivity index (χ0n) is 14.9. The molecule has 2 rings (SSSR count). The summed E-state index contributed by atoms with van der Waals surface area (Å²) >= 11 is 5.35. The highest BCUT2D eigenvalue weighted by Gasteiger charge is 2.12. The zero-order chi connectivity index (χ0) is 19.1. The highest BCUT2D eigenvalue weighted by molar-refractivity contribution is 7.80. The first-order valence-corrected chi connectivity index (χ1v) is 8.95. The second kappa shape index (κ2) is 9.26. The maximum Gasteiger partial charge on any atom is 0.269 e. The van der Waals surface area contributed by atoms with Crippen LogP contribution in [0.4, 0.5) is 11.4 Å². The highest BCUT2D eigenvalue weighted by atomic mass is 32.1. The Morgan fingerprint density at radius 3 is 2.23 bits per heavy atom. The summed E-state index contributed by atoms with van der Waals surface area (Å²) in [5, 5.41) is 27.6. The van der Waals surface area contributed by atoms with Crippen molar-refractivity contribution in [1.29, 1.82) is 0 Å². The van der Waals surface area contributed by atoms with E-state index in [1.54, 1.807) is 12.1 Å². The van der Waals surface area contributed by atoms with Gasteiger partial charge in [0.2, 0.25) is 0 Å². The number of hydrogen-bond donors (Lipinski definition) is 3. The summed E-state index contributed by atoms with van der Waals surface area (Å²) in [6.45, 7) is 4.39. The Kier molecular flexibility index (Phi) is 7.06. The number of aliphatic hydroxyl groups excluding tert-OH is 1. The second-order valence-corrected chi connectivity index (χ2v) is 6.27. The van der Waals surface area contributed by atoms with Gasteiger partial charge in [0.25, 0.3) is 5.69 Å². The number of hydrogen-bond acceptors (Lipinski definition) is 4. The Labute approximate surface area is 158 Å². The smallest absolute Gasteiger partial charge is 0.269 e. The van der Waals surface area contributed by atoms with E-state index in [1.165, 1.54) is 23.3 Å². The molecule has 0 radical (unpaired) electrons. The molecular weight excluding hydrogens is 350 g/mol. The van der Waals surface area contributed by atoms with Gasteiger partial charge in [-0.2, -0.15) is 0 Å². The van der Waals surface area contributed by atoms with Gasteiger partial charge in [-0.3, -0.25) is 10.1 Å². The molecule has 0 spiro atoms. The molecule has 2 aromatic rings. The molecule has 1 atom stereocenters. The van der Waals surface area contributed by atoms with Gasteiger partial charge in [0.1, 0.15) is 0 Å². The minimum Gasteiger partial charge on any atom is -0.387 e. The van der Waals surface area contributed by atoms with Crippen molar-refractivity contribution in [2.24, 2.45) is 0 Å². The highest BCUT2D eigenvalue weighted by Crippen LogP contribution is 2.22. The van der Waals surface area contributed by atoms with E-state index in [2.05, 4.69) is 36.6 Å². The van der Waals surface area contributed by atoms with Crippen LogP contribution in [-0.2, 0) is 12.8 Å². The van der Waals surface area contributed by atoms with Gasteiger partial charge in [-0.1, -0.05) is 32.0 Å². The number of thiocarbonyl (C=S) groups is 1. The molecule has 0 fully saturated rings. The Morgan fingerprint density at radius 2 is 1.73 bits per heavy atom. The van der Waals surface area contributed by atoms with Gasteiger partial charge >= 0.3 is 0 Å². The van der Waals surface area contributed by atoms with Crippen molar-refractivity contribution < 1.29 is 10.0 Å². The fourth-order valence-corrected chi connectivity index (χ4v) is 2.87. The SMILES string of the molecule is CCc1cccc(CC)c1NC(=S)NCC(O)c1ccc([N+](=O)[O-])cc1. The van der Waals surface area contributed by atoms with Crippen LogP contribution in [0.5, 0.6) is 0 Å². The number of benzene rings is 2. The van der Waals surface area contributed by atoms with Crippen molar-refractivity contribution in [3.05, 3.63) is 69.3 Å². The molecule has 0 saturated carbocycles. The monoisotopic (exact) mass is 373 g/mol. The van der Waals surface area contributed by atoms with Crippen molar-refractivity contribution in [1.82, 2.24) is 5.32 Å². The maximum absolute atomic E-state index is 10.7. The number of para-hydroxylation sites is 1. The number of rotatable bonds is 7. The zero-order valence-corrected chi connectivity index (χ0v) is 15.7. The van der Waals surface area contributed by atoms with Crippen LogP contribution in [0.25, 0.3) is 0 Å². The molecule has 1 unspecified atom stereocenters. The van der Waals surface area contributed by atoms with Crippen molar-refractivity contribution in [2.75, 3.05) is 11.9 Å². The number of nitro benzene ring substituents is 1. The molecule has 0 bridgehead atoms. The van der Waals surface area contributed by atoms with Gasteiger partial charge in [-0.15, -0.1) is 0 Å². The molecule has 7 heteroatoms. The topological polar surface area (TPSA) is 87.4 Å². The van der Waals surface area contributed by atoms with Crippen LogP contribution in [0.2, 0.25) is 0 Å². The van der Waals surface area contributed by atoms with Crippen LogP contribution in [0, 0.1) is 10.1 Å². The van der Waals surface area contributed by atoms with E-state index < -0.39 is 11.0 Å². The number of nitrogens with zero attached hydrogens (tertiary/aromatic N) is 1. The Morgan fingerprint density at radius 1 is 1.15 bits per heavy atom. The Balaban J connectivity index is 1.97. The third-order valence-corrected chi connectivity index (χ3v) is 4.43. The summed E-state index contributed by atoms with van der Waals surface area (Å²) in [7, 11) is 0. The molecule has 2 aromatic carbocycles. The Hall–Kier alpha value is -2.51. The van der Waals surface area contributed by atoms with Crippen LogP contribution in [0.3, 0.4) is 0 Å². The fourth-order valence-electron chi connectivity index (χ4n) is 2.69. The van der Waals surface area contributed by atoms with E-state index in [0.717, 1.165) is 18.5 Å². The van der Waals surface area contributed by atoms with E-state index in [4.69, 9.17) is 12.2 Å². The molecule has 3 N–H and O–H groups in total. The fraction of sp³-hybridized carbons (Fsp3) is 0.316. The van der Waals surface area contributed by atoms with Crippen LogP contribution >= 0.6 is 12.2 Å². The number of nitrogens with one attached hydrogen (secondary N) is 2. The predicted molar refractivity (Wildman–Crippen MR) is 107 cm³/mol. The molecular formula is C19H23N3O3S. The standard InChI is InChI=1S/C19H23N3O3S/c1-3-13-6-5-7-14(4-2)18(13)21-19(26)20-12-17(23)15-8-10-16(11-9-15)22(24)25/h5-11,17,23H,3-4,12H2,1-2H3,(H2,20,21,26). The molecule has 0 aliphatic carbocycles. The molecule has 26 heavy (non-hydrogen) atoms. The summed E-state index contributed by atoms with van der Waals surface area (Å²) in [6, 6.07) is 12.0. The van der Waals surface area contributed by atoms with E-state index in [1.807, 2.05) is 6.07 Å². The van der Waals surface area contributed by atoms with Crippen LogP contribution in [-0.4, -0.2) is 21.7 Å². The lowest BCUT2D eigenvalue weighted by molar-refractivity contribution is -0.384. The van der Waals surface area contributed by atoms with Gasteiger partial charge < -0.3 is 15.7 Å². The summed E-state index contributed by atoms with van der Waals surface area (Å²) < 4.78 is 0. The first kappa shape index (κ1) is 19.8. The molecule has 138 valence electrons. The van der Waals surface area contributed by atoms with Crippen molar-refractivity contribution in [3.63, 3.8) is 0 Å². The van der Waals surface area contributed by atoms with Gasteiger partial charge in [-0.25, -0.2) is 0 Å². The molecule has 0 aliphatic heterocycles. The van der Waals surface area contributed by atoms with Gasteiger partial charge in [0.05, 0.1) is 11.0 Å². The third-order valence-electron chi connectivity index (χ3n) is 4.18. The summed E-state index contributed by atoms with van der Waals surface area (Å²) in [5.41, 5.74) is 3.97. The average Bonchev–Trinajstić information content (AvgIpc) is 2.66. The lowest BCUT2D eigenvalue weighted by Gasteiger charge is -2.18. The molecule has 0 amide bonds. The lowest BCUT2D eigenvalue weighted by atomic mass is 10.0. The van der Waals surface area contributed by atoms with Crippen LogP contribution < -0.4 is 10.6 Å². The Bertz CT molecular complexity index is 756. The van der Waals surface area contributed by atoms with Gasteiger partial charge in [0.15, 0.2) is 5.11 Å². The maximum atomic E-state index is 10.7. The van der Waals surface area contributed by atoms with E-state index in [0.29, 0.717) is 10.7 Å². The lowest BCUT2D eigenvalue weighted by Crippen LogP contribution is -2.32. The number of non-ortho nitro benzene ring substituents is 1. The largest absolute Gasteiger partial charge is 0.387 e. The summed E-state index contributed by atoms with van der Waals surface area (Å²) in [6.07, 6.45) is 0.969. The minimum absolute atomic E-state index is 0.00522. The number of anilines is 1. The van der Waals surface area contributed by atoms with Crippen LogP contribution in [0.15, 0.2) is 42.5 Å². The molecule has 0 aliphatic rings. The average molecular weight is 373 g/mol. The van der Waals surface area contributed by atoms with Gasteiger partial charge in [0, 0.05) is 24.4 Å². The molecule has 0 aromatic heterocycles.